The molecule has 1 atom stereocenters. The Morgan fingerprint density at radius 1 is 1.11 bits per heavy atom. The highest BCUT2D eigenvalue weighted by molar-refractivity contribution is 7.88. The molecular formula is C31H32F4N4O6S2. The molecule has 2 aliphatic heterocycles. The molecular weight excluding hydrogens is 664 g/mol. The number of β-amino-alcohol motifs (C(OH)–C–C–N with tert-alkyl or cyclic N) is 1. The minimum Gasteiger partial charge on any atom is -0.449 e. The number of rotatable bonds is 8. The fourth-order valence-electron chi connectivity index (χ4n) is 6.52. The van der Waals surface area contributed by atoms with Gasteiger partial charge < -0.3 is 19.8 Å². The van der Waals surface area contributed by atoms with Crippen molar-refractivity contribution in [3.05, 3.63) is 70.7 Å². The molecule has 0 amide bonds. The number of piperidine rings is 1. The third-order valence-corrected chi connectivity index (χ3v) is 11.0. The normalized spacial score (nSPS) is 17.6. The van der Waals surface area contributed by atoms with E-state index < -0.39 is 39.8 Å². The molecule has 0 aliphatic carbocycles. The van der Waals surface area contributed by atoms with E-state index in [-0.39, 0.29) is 30.6 Å². The summed E-state index contributed by atoms with van der Waals surface area (Å²) in [5.74, 6) is -0.451. The van der Waals surface area contributed by atoms with Gasteiger partial charge in [0.2, 0.25) is 10.0 Å². The van der Waals surface area contributed by atoms with E-state index in [1.165, 1.54) is 28.6 Å². The molecule has 16 heteroatoms. The molecule has 4 aromatic rings. The molecule has 4 heterocycles. The highest BCUT2D eigenvalue weighted by Gasteiger charge is 2.33. The number of hydrogen-bond donors (Lipinski definition) is 2. The summed E-state index contributed by atoms with van der Waals surface area (Å²) in [6.07, 6.45) is -4.06. The van der Waals surface area contributed by atoms with E-state index >= 15 is 0 Å². The number of aliphatic hydroxyl groups excluding tert-OH is 1. The van der Waals surface area contributed by atoms with Crippen LogP contribution in [0.25, 0.3) is 21.3 Å². The highest BCUT2D eigenvalue weighted by atomic mass is 32.2. The number of benzene rings is 2. The Hall–Kier alpha value is -3.57. The van der Waals surface area contributed by atoms with Crippen LogP contribution in [0.2, 0.25) is 0 Å². The first-order chi connectivity index (χ1) is 22.2. The van der Waals surface area contributed by atoms with E-state index in [2.05, 4.69) is 10.00 Å². The van der Waals surface area contributed by atoms with Crippen molar-refractivity contribution in [1.82, 2.24) is 19.0 Å². The van der Waals surface area contributed by atoms with Gasteiger partial charge in [0.15, 0.2) is 5.06 Å². The van der Waals surface area contributed by atoms with Crippen LogP contribution >= 0.6 is 11.3 Å². The lowest BCUT2D eigenvalue weighted by atomic mass is 9.88. The van der Waals surface area contributed by atoms with E-state index in [0.717, 1.165) is 46.4 Å². The van der Waals surface area contributed by atoms with Gasteiger partial charge in [-0.25, -0.2) is 17.6 Å². The Morgan fingerprint density at radius 2 is 1.81 bits per heavy atom. The summed E-state index contributed by atoms with van der Waals surface area (Å²) in [5.41, 5.74) is 2.04. The van der Waals surface area contributed by atoms with E-state index in [4.69, 9.17) is 4.74 Å². The Kier molecular flexibility index (Phi) is 9.08. The van der Waals surface area contributed by atoms with Crippen LogP contribution in [0, 0.1) is 5.82 Å². The maximum Gasteiger partial charge on any atom is 0.512 e. The molecule has 0 radical (unpaired) electrons. The molecule has 10 nitrogen and oxygen atoms in total. The van der Waals surface area contributed by atoms with Gasteiger partial charge in [0.1, 0.15) is 5.82 Å². The van der Waals surface area contributed by atoms with Crippen molar-refractivity contribution in [2.45, 2.75) is 50.6 Å². The number of carbonyl (C=O) groups is 1. The topological polar surface area (TPSA) is 125 Å². The number of alkyl halides is 3. The smallest absolute Gasteiger partial charge is 0.449 e. The Labute approximate surface area is 271 Å². The number of fused-ring (bicyclic) bond motifs is 2. The minimum atomic E-state index is -4.51. The fourth-order valence-corrected chi connectivity index (χ4v) is 8.46. The first-order valence-corrected chi connectivity index (χ1v) is 17.6. The van der Waals surface area contributed by atoms with E-state index in [1.807, 2.05) is 0 Å². The van der Waals surface area contributed by atoms with Gasteiger partial charge in [-0.15, -0.1) is 0 Å². The van der Waals surface area contributed by atoms with Crippen molar-refractivity contribution in [3.8, 4) is 16.3 Å². The molecule has 0 spiro atoms. The number of aromatic nitrogens is 2. The van der Waals surface area contributed by atoms with Crippen LogP contribution in [0.1, 0.15) is 41.1 Å². The van der Waals surface area contributed by atoms with Crippen LogP contribution in [0.15, 0.2) is 42.5 Å². The third-order valence-electron chi connectivity index (χ3n) is 8.74. The molecule has 2 aliphatic rings. The lowest BCUT2D eigenvalue weighted by Crippen LogP contribution is -2.40. The van der Waals surface area contributed by atoms with Gasteiger partial charge in [-0.05, 0) is 56.1 Å². The van der Waals surface area contributed by atoms with Gasteiger partial charge in [-0.1, -0.05) is 29.5 Å². The average Bonchev–Trinajstić information content (AvgIpc) is 3.53. The molecule has 6 rings (SSSR count). The van der Waals surface area contributed by atoms with Gasteiger partial charge in [-0.3, -0.25) is 4.68 Å². The lowest BCUT2D eigenvalue weighted by molar-refractivity contribution is -0.137. The van der Waals surface area contributed by atoms with Crippen LogP contribution < -0.4 is 4.74 Å². The zero-order valence-corrected chi connectivity index (χ0v) is 26.8. The van der Waals surface area contributed by atoms with Gasteiger partial charge >= 0.3 is 12.3 Å². The number of hydrogen-bond acceptors (Lipinski definition) is 8. The van der Waals surface area contributed by atoms with Crippen LogP contribution in [0.3, 0.4) is 0 Å². The Morgan fingerprint density at radius 3 is 2.45 bits per heavy atom. The fraction of sp³-hybridized carbons (Fsp3) is 0.419. The maximum absolute atomic E-state index is 13.9. The van der Waals surface area contributed by atoms with Crippen molar-refractivity contribution in [1.29, 1.82) is 0 Å². The van der Waals surface area contributed by atoms with Crippen molar-refractivity contribution in [2.75, 3.05) is 32.4 Å². The van der Waals surface area contributed by atoms with Crippen LogP contribution in [-0.4, -0.2) is 82.3 Å². The zero-order chi connectivity index (χ0) is 33.7. The predicted molar refractivity (Wildman–Crippen MR) is 166 cm³/mol. The van der Waals surface area contributed by atoms with E-state index in [0.29, 0.717) is 60.4 Å². The second kappa shape index (κ2) is 12.8. The standard InChI is InChI=1S/C31H32F4N4O6S2/c1-47(43,44)38-13-10-25-24(17-38)28(19-2-4-20(5-3-19)31(33,34)35)36-39(25)16-22(40)15-37-11-8-18(9-12-37)27-23-7-6-21(32)14-26(23)46-29(27)45-30(41)42/h2-7,14,18,22,40H,8-13,15-17H2,1H3,(H,41,42). The van der Waals surface area contributed by atoms with E-state index in [9.17, 15) is 41.0 Å². The van der Waals surface area contributed by atoms with Crippen molar-refractivity contribution >= 4 is 37.6 Å². The van der Waals surface area contributed by atoms with Crippen molar-refractivity contribution in [2.24, 2.45) is 0 Å². The third kappa shape index (κ3) is 7.16. The molecule has 2 N–H and O–H groups in total. The molecule has 1 unspecified atom stereocenters. The van der Waals surface area contributed by atoms with Crippen molar-refractivity contribution in [3.63, 3.8) is 0 Å². The summed E-state index contributed by atoms with van der Waals surface area (Å²) in [6, 6.07) is 8.89. The van der Waals surface area contributed by atoms with Crippen LogP contribution in [0.4, 0.5) is 22.4 Å². The number of aliphatic hydroxyl groups is 1. The maximum atomic E-state index is 13.9. The molecule has 2 aromatic carbocycles. The van der Waals surface area contributed by atoms with Gasteiger partial charge in [0.25, 0.3) is 0 Å². The SMILES string of the molecule is CS(=O)(=O)N1CCc2c(c(-c3ccc(C(F)(F)F)cc3)nn2CC(O)CN2CCC(c3c(OC(=O)O)sc4cc(F)ccc34)CC2)C1. The Bertz CT molecular complexity index is 1900. The second-order valence-corrected chi connectivity index (χ2v) is 14.9. The average molecular weight is 697 g/mol. The quantitative estimate of drug-likeness (QED) is 0.182. The van der Waals surface area contributed by atoms with Crippen LogP contribution in [0.5, 0.6) is 5.06 Å². The Balaban J connectivity index is 1.17. The highest BCUT2D eigenvalue weighted by Crippen LogP contribution is 2.45. The lowest BCUT2D eigenvalue weighted by Gasteiger charge is -2.33. The molecule has 0 saturated carbocycles. The predicted octanol–water partition coefficient (Wildman–Crippen LogP) is 5.54. The number of likely N-dealkylation sites (tertiary alicyclic amines) is 1. The first-order valence-electron chi connectivity index (χ1n) is 14.9. The summed E-state index contributed by atoms with van der Waals surface area (Å²) in [7, 11) is -3.53. The number of carboxylic acid groups (broad SMARTS) is 1. The van der Waals surface area contributed by atoms with Gasteiger partial charge in [0, 0.05) is 58.5 Å². The molecule has 252 valence electrons. The van der Waals surface area contributed by atoms with E-state index in [1.54, 1.807) is 10.7 Å². The summed E-state index contributed by atoms with van der Waals surface area (Å²) < 4.78 is 86.7. The van der Waals surface area contributed by atoms with Crippen molar-refractivity contribution < 1.29 is 45.7 Å². The number of thiophene rings is 1. The molecule has 0 bridgehead atoms. The first kappa shape index (κ1) is 33.3. The number of sulfonamides is 1. The molecule has 1 saturated heterocycles. The molecule has 2 aromatic heterocycles. The van der Waals surface area contributed by atoms with Gasteiger partial charge in [-0.2, -0.15) is 22.6 Å². The number of ether oxygens (including phenoxy) is 1. The van der Waals surface area contributed by atoms with Crippen LogP contribution in [-0.2, 0) is 35.7 Å². The monoisotopic (exact) mass is 696 g/mol. The summed E-state index contributed by atoms with van der Waals surface area (Å²) >= 11 is 1.09. The molecule has 1 fully saturated rings. The summed E-state index contributed by atoms with van der Waals surface area (Å²) in [5, 5.41) is 26.1. The summed E-state index contributed by atoms with van der Waals surface area (Å²) in [4.78, 5) is 13.4. The van der Waals surface area contributed by atoms with Gasteiger partial charge in [0.05, 0.1) is 30.2 Å². The summed E-state index contributed by atoms with van der Waals surface area (Å²) in [6.45, 7) is 1.84. The largest absolute Gasteiger partial charge is 0.512 e. The zero-order valence-electron chi connectivity index (χ0n) is 25.2. The number of halogens is 4. The second-order valence-electron chi connectivity index (χ2n) is 11.9. The number of nitrogens with zero attached hydrogens (tertiary/aromatic N) is 4. The minimum absolute atomic E-state index is 0.0195. The molecule has 47 heavy (non-hydrogen) atoms.